The number of carbonyl (C=O) groups excluding carboxylic acids is 1. The third-order valence-corrected chi connectivity index (χ3v) is 4.13. The van der Waals surface area contributed by atoms with Crippen molar-refractivity contribution in [3.63, 3.8) is 0 Å². The lowest BCUT2D eigenvalue weighted by Gasteiger charge is -2.06. The average Bonchev–Trinajstić information content (AvgIpc) is 2.94. The lowest BCUT2D eigenvalue weighted by molar-refractivity contribution is 0.102. The Balaban J connectivity index is 1.94. The first-order valence-electron chi connectivity index (χ1n) is 6.84. The Kier molecular flexibility index (Phi) is 4.18. The molecule has 118 valence electrons. The normalized spacial score (nSPS) is 10.9. The molecule has 3 aromatic rings. The lowest BCUT2D eigenvalue weighted by Crippen LogP contribution is -2.23. The van der Waals surface area contributed by atoms with Crippen molar-refractivity contribution in [2.45, 2.75) is 13.5 Å². The molecule has 0 saturated heterocycles. The molecule has 0 radical (unpaired) electrons. The molecule has 1 N–H and O–H groups in total. The van der Waals surface area contributed by atoms with Crippen LogP contribution >= 0.6 is 11.3 Å². The van der Waals surface area contributed by atoms with Gasteiger partial charge in [0.05, 0.1) is 12.8 Å². The first kappa shape index (κ1) is 15.3. The van der Waals surface area contributed by atoms with Gasteiger partial charge in [-0.3, -0.25) is 9.59 Å². The van der Waals surface area contributed by atoms with Crippen LogP contribution in [0.2, 0.25) is 0 Å². The molecule has 2 heterocycles. The minimum absolute atomic E-state index is 0.0880. The molecule has 1 amide bonds. The molecule has 0 saturated carbocycles. The summed E-state index contributed by atoms with van der Waals surface area (Å²) in [5, 5.41) is 7.38. The number of amides is 1. The highest BCUT2D eigenvalue weighted by molar-refractivity contribution is 7.16. The number of methoxy groups -OCH3 is 1. The van der Waals surface area contributed by atoms with Gasteiger partial charge in [-0.05, 0) is 18.6 Å². The number of benzene rings is 1. The van der Waals surface area contributed by atoms with Gasteiger partial charge < -0.3 is 10.1 Å². The van der Waals surface area contributed by atoms with Crippen LogP contribution in [0.5, 0.6) is 0 Å². The molecule has 23 heavy (non-hydrogen) atoms. The molecule has 0 aliphatic rings. The number of hydrogen-bond donors (Lipinski definition) is 1. The molecular formula is C15H14N4O3S. The number of aryl methyl sites for hydroxylation is 1. The number of fused-ring (bicyclic) bond motifs is 1. The second kappa shape index (κ2) is 6.27. The minimum atomic E-state index is -0.421. The lowest BCUT2D eigenvalue weighted by atomic mass is 10.1. The topological polar surface area (TPSA) is 85.6 Å². The van der Waals surface area contributed by atoms with Gasteiger partial charge in [0.25, 0.3) is 11.5 Å². The Morgan fingerprint density at radius 1 is 1.39 bits per heavy atom. The third-order valence-electron chi connectivity index (χ3n) is 3.23. The standard InChI is InChI=1S/C15H14N4O3S/c1-9-5-3-4-6-10(9)13(20)17-11-7-16-15-19(14(11)21)18-12(23-15)8-22-2/h3-7H,8H2,1-2H3,(H,17,20). The number of ether oxygens (including phenoxy) is 1. The molecule has 0 atom stereocenters. The van der Waals surface area contributed by atoms with Crippen LogP contribution in [-0.4, -0.2) is 27.6 Å². The fourth-order valence-corrected chi connectivity index (χ4v) is 2.94. The van der Waals surface area contributed by atoms with Crippen LogP contribution in [0.3, 0.4) is 0 Å². The second-order valence-electron chi connectivity index (χ2n) is 4.87. The van der Waals surface area contributed by atoms with E-state index in [4.69, 9.17) is 4.74 Å². The van der Waals surface area contributed by atoms with E-state index in [0.717, 1.165) is 5.56 Å². The van der Waals surface area contributed by atoms with Crippen LogP contribution in [0.4, 0.5) is 5.69 Å². The second-order valence-corrected chi connectivity index (χ2v) is 5.91. The van der Waals surface area contributed by atoms with Crippen LogP contribution in [0, 0.1) is 6.92 Å². The summed E-state index contributed by atoms with van der Waals surface area (Å²) in [5.41, 5.74) is 1.01. The van der Waals surface area contributed by atoms with E-state index in [-0.39, 0.29) is 11.6 Å². The zero-order valence-electron chi connectivity index (χ0n) is 12.6. The Hall–Kier alpha value is -2.58. The number of nitrogens with zero attached hydrogens (tertiary/aromatic N) is 3. The van der Waals surface area contributed by atoms with Gasteiger partial charge in [0.15, 0.2) is 0 Å². The highest BCUT2D eigenvalue weighted by Gasteiger charge is 2.14. The molecule has 2 aromatic heterocycles. The summed E-state index contributed by atoms with van der Waals surface area (Å²) in [6.07, 6.45) is 1.35. The van der Waals surface area contributed by atoms with E-state index in [1.165, 1.54) is 22.0 Å². The van der Waals surface area contributed by atoms with Crippen molar-refractivity contribution in [1.82, 2.24) is 14.6 Å². The summed E-state index contributed by atoms with van der Waals surface area (Å²) >= 11 is 1.27. The number of rotatable bonds is 4. The summed E-state index contributed by atoms with van der Waals surface area (Å²) in [7, 11) is 1.55. The molecule has 1 aromatic carbocycles. The number of anilines is 1. The van der Waals surface area contributed by atoms with Crippen molar-refractivity contribution >= 4 is 27.9 Å². The van der Waals surface area contributed by atoms with Crippen molar-refractivity contribution in [3.05, 3.63) is 57.0 Å². The number of nitrogens with one attached hydrogen (secondary N) is 1. The van der Waals surface area contributed by atoms with Crippen LogP contribution in [-0.2, 0) is 11.3 Å². The molecule has 7 nitrogen and oxygen atoms in total. The Bertz CT molecular complexity index is 932. The number of aromatic nitrogens is 3. The van der Waals surface area contributed by atoms with Crippen LogP contribution in [0.25, 0.3) is 4.96 Å². The van der Waals surface area contributed by atoms with Crippen molar-refractivity contribution in [2.75, 3.05) is 12.4 Å². The van der Waals surface area contributed by atoms with E-state index < -0.39 is 5.56 Å². The summed E-state index contributed by atoms with van der Waals surface area (Å²) in [5.74, 6) is -0.353. The van der Waals surface area contributed by atoms with Gasteiger partial charge in [-0.2, -0.15) is 9.61 Å². The van der Waals surface area contributed by atoms with Gasteiger partial charge in [0, 0.05) is 12.7 Å². The smallest absolute Gasteiger partial charge is 0.298 e. The molecule has 8 heteroatoms. The van der Waals surface area contributed by atoms with E-state index in [1.54, 1.807) is 19.2 Å². The molecule has 0 aliphatic heterocycles. The zero-order valence-corrected chi connectivity index (χ0v) is 13.4. The molecular weight excluding hydrogens is 316 g/mol. The first-order chi connectivity index (χ1) is 11.1. The maximum atomic E-state index is 12.4. The molecule has 0 aliphatic carbocycles. The number of carbonyl (C=O) groups is 1. The first-order valence-corrected chi connectivity index (χ1v) is 7.65. The maximum Gasteiger partial charge on any atom is 0.298 e. The molecule has 0 unspecified atom stereocenters. The molecule has 0 fully saturated rings. The minimum Gasteiger partial charge on any atom is -0.377 e. The Morgan fingerprint density at radius 3 is 2.91 bits per heavy atom. The van der Waals surface area contributed by atoms with E-state index in [2.05, 4.69) is 15.4 Å². The van der Waals surface area contributed by atoms with Crippen LogP contribution < -0.4 is 10.9 Å². The van der Waals surface area contributed by atoms with Crippen molar-refractivity contribution < 1.29 is 9.53 Å². The quantitative estimate of drug-likeness (QED) is 0.789. The fourth-order valence-electron chi connectivity index (χ4n) is 2.11. The SMILES string of the molecule is COCc1nn2c(=O)c(NC(=O)c3ccccc3C)cnc2s1. The highest BCUT2D eigenvalue weighted by atomic mass is 32.1. The van der Waals surface area contributed by atoms with Crippen molar-refractivity contribution in [2.24, 2.45) is 0 Å². The van der Waals surface area contributed by atoms with Gasteiger partial charge >= 0.3 is 0 Å². The fraction of sp³-hybridized carbons (Fsp3) is 0.200. The van der Waals surface area contributed by atoms with Crippen LogP contribution in [0.15, 0.2) is 35.3 Å². The van der Waals surface area contributed by atoms with E-state index in [1.807, 2.05) is 19.1 Å². The zero-order chi connectivity index (χ0) is 16.4. The Morgan fingerprint density at radius 2 is 2.17 bits per heavy atom. The van der Waals surface area contributed by atoms with Crippen molar-refractivity contribution in [1.29, 1.82) is 0 Å². The van der Waals surface area contributed by atoms with Gasteiger partial charge in [-0.15, -0.1) is 0 Å². The summed E-state index contributed by atoms with van der Waals surface area (Å²) < 4.78 is 6.17. The summed E-state index contributed by atoms with van der Waals surface area (Å²) in [4.78, 5) is 29.3. The van der Waals surface area contributed by atoms with Gasteiger partial charge in [0.2, 0.25) is 4.96 Å². The monoisotopic (exact) mass is 330 g/mol. The maximum absolute atomic E-state index is 12.4. The highest BCUT2D eigenvalue weighted by Crippen LogP contribution is 2.14. The van der Waals surface area contributed by atoms with Gasteiger partial charge in [0.1, 0.15) is 10.7 Å². The molecule has 0 spiro atoms. The third kappa shape index (κ3) is 2.99. The van der Waals surface area contributed by atoms with E-state index in [9.17, 15) is 9.59 Å². The number of hydrogen-bond acceptors (Lipinski definition) is 6. The summed E-state index contributed by atoms with van der Waals surface area (Å²) in [6, 6.07) is 7.16. The molecule has 3 rings (SSSR count). The van der Waals surface area contributed by atoms with E-state index in [0.29, 0.717) is 22.1 Å². The largest absolute Gasteiger partial charge is 0.377 e. The average molecular weight is 330 g/mol. The Labute approximate surface area is 135 Å². The summed E-state index contributed by atoms with van der Waals surface area (Å²) in [6.45, 7) is 2.14. The van der Waals surface area contributed by atoms with E-state index >= 15 is 0 Å². The molecule has 0 bridgehead atoms. The predicted octanol–water partition coefficient (Wildman–Crippen LogP) is 1.86. The predicted molar refractivity (Wildman–Crippen MR) is 87.0 cm³/mol. The van der Waals surface area contributed by atoms with Gasteiger partial charge in [-0.25, -0.2) is 4.98 Å². The van der Waals surface area contributed by atoms with Crippen LogP contribution in [0.1, 0.15) is 20.9 Å². The van der Waals surface area contributed by atoms with Gasteiger partial charge in [-0.1, -0.05) is 29.5 Å². The van der Waals surface area contributed by atoms with Crippen molar-refractivity contribution in [3.8, 4) is 0 Å².